The summed E-state index contributed by atoms with van der Waals surface area (Å²) < 4.78 is 26.6. The molecule has 1 aromatic heterocycles. The molecule has 0 amide bonds. The van der Waals surface area contributed by atoms with Crippen LogP contribution in [0, 0.1) is 6.92 Å². The van der Waals surface area contributed by atoms with E-state index in [1.165, 1.54) is 0 Å². The van der Waals surface area contributed by atoms with Gasteiger partial charge in [-0.1, -0.05) is 0 Å². The minimum absolute atomic E-state index is 0.290. The van der Waals surface area contributed by atoms with E-state index in [0.29, 0.717) is 19.1 Å². The summed E-state index contributed by atoms with van der Waals surface area (Å²) in [7, 11) is -3.28. The highest BCUT2D eigenvalue weighted by Gasteiger charge is 2.25. The molecule has 6 nitrogen and oxygen atoms in total. The fourth-order valence-electron chi connectivity index (χ4n) is 1.60. The third-order valence-electron chi connectivity index (χ3n) is 3.20. The molecule has 0 aromatic carbocycles. The van der Waals surface area contributed by atoms with Gasteiger partial charge in [0.25, 0.3) is 0 Å². The molecule has 1 fully saturated rings. The number of hydrogen-bond donors (Lipinski definition) is 3. The summed E-state index contributed by atoms with van der Waals surface area (Å²) in [5.74, 6) is 0. The van der Waals surface area contributed by atoms with Gasteiger partial charge in [0.05, 0.1) is 11.4 Å². The zero-order valence-corrected chi connectivity index (χ0v) is 11.5. The van der Waals surface area contributed by atoms with Gasteiger partial charge >= 0.3 is 0 Å². The quantitative estimate of drug-likeness (QED) is 0.665. The number of rotatable bonds is 7. The Hall–Kier alpha value is -0.920. The number of aryl methyl sites for hydroxylation is 1. The predicted molar refractivity (Wildman–Crippen MR) is 69.6 cm³/mol. The SMILES string of the molecule is Cc1[nH]ncc1CNS(=O)(=O)C(C)CNC1CC1. The van der Waals surface area contributed by atoms with E-state index in [4.69, 9.17) is 0 Å². The molecule has 0 aliphatic heterocycles. The molecule has 0 bridgehead atoms. The molecule has 1 aromatic rings. The Bertz CT molecular complexity index is 493. The van der Waals surface area contributed by atoms with E-state index in [1.54, 1.807) is 13.1 Å². The van der Waals surface area contributed by atoms with Crippen LogP contribution >= 0.6 is 0 Å². The Morgan fingerprint density at radius 2 is 2.28 bits per heavy atom. The summed E-state index contributed by atoms with van der Waals surface area (Å²) in [4.78, 5) is 0. The molecule has 3 N–H and O–H groups in total. The number of hydrogen-bond acceptors (Lipinski definition) is 4. The van der Waals surface area contributed by atoms with E-state index in [2.05, 4.69) is 20.2 Å². The van der Waals surface area contributed by atoms with Crippen LogP contribution in [-0.4, -0.2) is 36.5 Å². The van der Waals surface area contributed by atoms with E-state index in [-0.39, 0.29) is 0 Å². The van der Waals surface area contributed by atoms with Crippen LogP contribution in [0.4, 0.5) is 0 Å². The highest BCUT2D eigenvalue weighted by atomic mass is 32.2. The topological polar surface area (TPSA) is 86.9 Å². The van der Waals surface area contributed by atoms with Crippen molar-refractivity contribution in [2.45, 2.75) is 44.5 Å². The fraction of sp³-hybridized carbons (Fsp3) is 0.727. The molecule has 0 spiro atoms. The third-order valence-corrected chi connectivity index (χ3v) is 4.97. The van der Waals surface area contributed by atoms with Gasteiger partial charge in [-0.25, -0.2) is 13.1 Å². The minimum Gasteiger partial charge on any atom is -0.313 e. The third kappa shape index (κ3) is 3.54. The van der Waals surface area contributed by atoms with Crippen LogP contribution in [0.5, 0.6) is 0 Å². The minimum atomic E-state index is -3.28. The monoisotopic (exact) mass is 272 g/mol. The van der Waals surface area contributed by atoms with E-state index >= 15 is 0 Å². The van der Waals surface area contributed by atoms with Crippen LogP contribution in [0.1, 0.15) is 31.0 Å². The van der Waals surface area contributed by atoms with Gasteiger partial charge in [-0.3, -0.25) is 5.10 Å². The molecule has 1 atom stereocenters. The molecule has 7 heteroatoms. The lowest BCUT2D eigenvalue weighted by Gasteiger charge is -2.14. The second-order valence-electron chi connectivity index (χ2n) is 4.88. The number of nitrogens with zero attached hydrogens (tertiary/aromatic N) is 1. The zero-order chi connectivity index (χ0) is 13.2. The van der Waals surface area contributed by atoms with Crippen LogP contribution in [0.15, 0.2) is 6.20 Å². The molecule has 1 aliphatic rings. The smallest absolute Gasteiger partial charge is 0.215 e. The van der Waals surface area contributed by atoms with Crippen molar-refractivity contribution in [2.24, 2.45) is 0 Å². The van der Waals surface area contributed by atoms with Crippen molar-refractivity contribution in [3.63, 3.8) is 0 Å². The van der Waals surface area contributed by atoms with Crippen LogP contribution in [0.25, 0.3) is 0 Å². The van der Waals surface area contributed by atoms with Crippen LogP contribution < -0.4 is 10.0 Å². The number of nitrogens with one attached hydrogen (secondary N) is 3. The van der Waals surface area contributed by atoms with E-state index in [9.17, 15) is 8.42 Å². The number of aromatic amines is 1. The Morgan fingerprint density at radius 1 is 1.56 bits per heavy atom. The Labute approximate surface area is 108 Å². The van der Waals surface area contributed by atoms with Gasteiger partial charge in [0, 0.05) is 30.4 Å². The molecule has 0 saturated heterocycles. The molecule has 2 rings (SSSR count). The maximum Gasteiger partial charge on any atom is 0.215 e. The van der Waals surface area contributed by atoms with Crippen molar-refractivity contribution >= 4 is 10.0 Å². The Kier molecular flexibility index (Phi) is 4.04. The lowest BCUT2D eigenvalue weighted by atomic mass is 10.3. The van der Waals surface area contributed by atoms with E-state index < -0.39 is 15.3 Å². The van der Waals surface area contributed by atoms with Gasteiger partial charge in [0.1, 0.15) is 0 Å². The lowest BCUT2D eigenvalue weighted by Crippen LogP contribution is -2.39. The predicted octanol–water partition coefficient (Wildman–Crippen LogP) is 0.278. The van der Waals surface area contributed by atoms with Gasteiger partial charge in [0.2, 0.25) is 10.0 Å². The maximum absolute atomic E-state index is 12.0. The average molecular weight is 272 g/mol. The van der Waals surface area contributed by atoms with Crippen LogP contribution in [0.2, 0.25) is 0 Å². The molecular weight excluding hydrogens is 252 g/mol. The fourth-order valence-corrected chi connectivity index (χ4v) is 2.56. The van der Waals surface area contributed by atoms with E-state index in [1.807, 2.05) is 6.92 Å². The van der Waals surface area contributed by atoms with Gasteiger partial charge in [-0.2, -0.15) is 5.10 Å². The second-order valence-corrected chi connectivity index (χ2v) is 7.06. The number of aromatic nitrogens is 2. The summed E-state index contributed by atoms with van der Waals surface area (Å²) in [5, 5.41) is 9.45. The summed E-state index contributed by atoms with van der Waals surface area (Å²) in [6.07, 6.45) is 3.97. The largest absolute Gasteiger partial charge is 0.313 e. The molecule has 0 radical (unpaired) electrons. The van der Waals surface area contributed by atoms with Crippen molar-refractivity contribution in [3.05, 3.63) is 17.5 Å². The molecule has 1 heterocycles. The Morgan fingerprint density at radius 3 is 2.83 bits per heavy atom. The van der Waals surface area contributed by atoms with Gasteiger partial charge in [-0.05, 0) is 26.7 Å². The van der Waals surface area contributed by atoms with Crippen LogP contribution in [0.3, 0.4) is 0 Å². The highest BCUT2D eigenvalue weighted by molar-refractivity contribution is 7.90. The zero-order valence-electron chi connectivity index (χ0n) is 10.7. The number of H-pyrrole nitrogens is 1. The van der Waals surface area contributed by atoms with Gasteiger partial charge in [-0.15, -0.1) is 0 Å². The maximum atomic E-state index is 12.0. The average Bonchev–Trinajstić information content (AvgIpc) is 3.06. The first-order valence-corrected chi connectivity index (χ1v) is 7.74. The first kappa shape index (κ1) is 13.5. The second kappa shape index (κ2) is 5.38. The molecule has 1 saturated carbocycles. The van der Waals surface area contributed by atoms with Gasteiger partial charge in [0.15, 0.2) is 0 Å². The van der Waals surface area contributed by atoms with Crippen molar-refractivity contribution in [1.82, 2.24) is 20.2 Å². The van der Waals surface area contributed by atoms with Gasteiger partial charge < -0.3 is 5.32 Å². The molecule has 1 unspecified atom stereocenters. The highest BCUT2D eigenvalue weighted by Crippen LogP contribution is 2.18. The molecule has 102 valence electrons. The van der Waals surface area contributed by atoms with Crippen molar-refractivity contribution in [1.29, 1.82) is 0 Å². The van der Waals surface area contributed by atoms with Crippen molar-refractivity contribution in [2.75, 3.05) is 6.54 Å². The van der Waals surface area contributed by atoms with Crippen LogP contribution in [-0.2, 0) is 16.6 Å². The molecule has 1 aliphatic carbocycles. The summed E-state index contributed by atoms with van der Waals surface area (Å²) in [6, 6.07) is 0.527. The summed E-state index contributed by atoms with van der Waals surface area (Å²) >= 11 is 0. The first-order valence-electron chi connectivity index (χ1n) is 6.20. The van der Waals surface area contributed by atoms with Crippen molar-refractivity contribution < 1.29 is 8.42 Å². The molecular formula is C11H20N4O2S. The first-order chi connectivity index (χ1) is 8.49. The molecule has 18 heavy (non-hydrogen) atoms. The lowest BCUT2D eigenvalue weighted by molar-refractivity contribution is 0.557. The summed E-state index contributed by atoms with van der Waals surface area (Å²) in [6.45, 7) is 4.39. The van der Waals surface area contributed by atoms with E-state index in [0.717, 1.165) is 24.1 Å². The number of sulfonamides is 1. The van der Waals surface area contributed by atoms with Crippen molar-refractivity contribution in [3.8, 4) is 0 Å². The standard InChI is InChI=1S/C11H20N4O2S/c1-8(5-12-11-3-4-11)18(16,17)14-7-10-6-13-15-9(10)2/h6,8,11-12,14H,3-5,7H2,1-2H3,(H,13,15). The normalized spacial score (nSPS) is 17.9. The summed E-state index contributed by atoms with van der Waals surface area (Å²) in [5.41, 5.74) is 1.77. The Balaban J connectivity index is 1.83.